The van der Waals surface area contributed by atoms with E-state index in [1.54, 1.807) is 0 Å². The lowest BCUT2D eigenvalue weighted by Crippen LogP contribution is -1.92. The van der Waals surface area contributed by atoms with Gasteiger partial charge in [0.15, 0.2) is 0 Å². The third kappa shape index (κ3) is 1.95. The van der Waals surface area contributed by atoms with Crippen LogP contribution in [0.15, 0.2) is 24.3 Å². The van der Waals surface area contributed by atoms with E-state index in [0.29, 0.717) is 0 Å². The summed E-state index contributed by atoms with van der Waals surface area (Å²) in [5.41, 5.74) is 2.40. The molecule has 0 spiro atoms. The van der Waals surface area contributed by atoms with Gasteiger partial charge < -0.3 is 0 Å². The van der Waals surface area contributed by atoms with Gasteiger partial charge in [0.05, 0.1) is 0 Å². The van der Waals surface area contributed by atoms with E-state index >= 15 is 0 Å². The van der Waals surface area contributed by atoms with Crippen LogP contribution in [0.25, 0.3) is 0 Å². The summed E-state index contributed by atoms with van der Waals surface area (Å²) >= 11 is 24.1. The predicted molar refractivity (Wildman–Crippen MR) is 70.0 cm³/mol. The Morgan fingerprint density at radius 2 is 1.00 bits per heavy atom. The number of halogens is 4. The molecule has 86 valence electrons. The highest BCUT2D eigenvalue weighted by Crippen LogP contribution is 2.61. The first-order chi connectivity index (χ1) is 7.40. The van der Waals surface area contributed by atoms with Crippen LogP contribution in [0.3, 0.4) is 0 Å². The molecule has 2 atom stereocenters. The second kappa shape index (κ2) is 3.45. The zero-order valence-electron chi connectivity index (χ0n) is 8.39. The van der Waals surface area contributed by atoms with E-state index in [4.69, 9.17) is 46.4 Å². The zero-order chi connectivity index (χ0) is 11.6. The fourth-order valence-corrected chi connectivity index (χ4v) is 3.23. The van der Waals surface area contributed by atoms with E-state index in [1.807, 2.05) is 0 Å². The molecule has 16 heavy (non-hydrogen) atoms. The summed E-state index contributed by atoms with van der Waals surface area (Å²) in [6.07, 6.45) is 1.68. The molecule has 1 aromatic rings. The molecule has 2 unspecified atom stereocenters. The van der Waals surface area contributed by atoms with Crippen molar-refractivity contribution in [2.75, 3.05) is 0 Å². The molecule has 0 aliphatic heterocycles. The van der Waals surface area contributed by atoms with Crippen LogP contribution in [-0.4, -0.2) is 8.67 Å². The van der Waals surface area contributed by atoms with Gasteiger partial charge in [-0.3, -0.25) is 0 Å². The quantitative estimate of drug-likeness (QED) is 0.673. The Labute approximate surface area is 115 Å². The fourth-order valence-electron chi connectivity index (χ4n) is 2.11. The van der Waals surface area contributed by atoms with Crippen LogP contribution in [0.1, 0.15) is 35.8 Å². The second-order valence-corrected chi connectivity index (χ2v) is 7.79. The molecular formula is C12H10Cl4. The Kier molecular flexibility index (Phi) is 2.47. The summed E-state index contributed by atoms with van der Waals surface area (Å²) in [7, 11) is 0. The zero-order valence-corrected chi connectivity index (χ0v) is 11.4. The molecule has 2 fully saturated rings. The van der Waals surface area contributed by atoms with E-state index < -0.39 is 8.67 Å². The van der Waals surface area contributed by atoms with E-state index in [9.17, 15) is 0 Å². The Morgan fingerprint density at radius 1 is 0.750 bits per heavy atom. The third-order valence-electron chi connectivity index (χ3n) is 3.39. The summed E-state index contributed by atoms with van der Waals surface area (Å²) in [5.74, 6) is 0.557. The average molecular weight is 296 g/mol. The van der Waals surface area contributed by atoms with Crippen molar-refractivity contribution in [2.45, 2.75) is 33.3 Å². The first-order valence-electron chi connectivity index (χ1n) is 5.26. The van der Waals surface area contributed by atoms with Crippen LogP contribution < -0.4 is 0 Å². The van der Waals surface area contributed by atoms with Gasteiger partial charge >= 0.3 is 0 Å². The number of benzene rings is 1. The molecule has 2 saturated carbocycles. The van der Waals surface area contributed by atoms with Crippen molar-refractivity contribution >= 4 is 46.4 Å². The van der Waals surface area contributed by atoms with Crippen LogP contribution in [-0.2, 0) is 0 Å². The van der Waals surface area contributed by atoms with E-state index in [1.165, 1.54) is 11.1 Å². The molecule has 0 aromatic heterocycles. The van der Waals surface area contributed by atoms with Gasteiger partial charge in [0.2, 0.25) is 0 Å². The molecule has 0 N–H and O–H groups in total. The number of rotatable bonds is 2. The molecular weight excluding hydrogens is 286 g/mol. The molecule has 2 aliphatic carbocycles. The van der Waals surface area contributed by atoms with Crippen molar-refractivity contribution < 1.29 is 0 Å². The molecule has 0 saturated heterocycles. The Morgan fingerprint density at radius 3 is 1.19 bits per heavy atom. The highest BCUT2D eigenvalue weighted by molar-refractivity contribution is 6.52. The van der Waals surface area contributed by atoms with Crippen LogP contribution in [0.4, 0.5) is 0 Å². The van der Waals surface area contributed by atoms with Crippen molar-refractivity contribution in [3.63, 3.8) is 0 Å². The topological polar surface area (TPSA) is 0 Å². The summed E-state index contributed by atoms with van der Waals surface area (Å²) in [5, 5.41) is 0. The SMILES string of the molecule is ClC1(Cl)CC1c1ccc(C2CC2(Cl)Cl)cc1. The second-order valence-electron chi connectivity index (χ2n) is 4.70. The van der Waals surface area contributed by atoms with Crippen molar-refractivity contribution in [3.8, 4) is 0 Å². The molecule has 0 amide bonds. The van der Waals surface area contributed by atoms with Crippen molar-refractivity contribution in [3.05, 3.63) is 35.4 Å². The number of alkyl halides is 4. The van der Waals surface area contributed by atoms with Gasteiger partial charge in [-0.2, -0.15) is 0 Å². The summed E-state index contributed by atoms with van der Waals surface area (Å²) < 4.78 is -1.10. The van der Waals surface area contributed by atoms with Gasteiger partial charge in [-0.05, 0) is 24.0 Å². The summed E-state index contributed by atoms with van der Waals surface area (Å²) in [6, 6.07) is 8.31. The number of hydrogen-bond acceptors (Lipinski definition) is 0. The minimum Gasteiger partial charge on any atom is -0.101 e. The Hall–Kier alpha value is 0.380. The Bertz CT molecular complexity index is 380. The highest BCUT2D eigenvalue weighted by Gasteiger charge is 2.54. The molecule has 4 heteroatoms. The normalized spacial score (nSPS) is 33.5. The summed E-state index contributed by atoms with van der Waals surface area (Å²) in [6.45, 7) is 0. The van der Waals surface area contributed by atoms with Crippen molar-refractivity contribution in [2.24, 2.45) is 0 Å². The molecule has 0 nitrogen and oxygen atoms in total. The van der Waals surface area contributed by atoms with E-state index in [0.717, 1.165) is 12.8 Å². The van der Waals surface area contributed by atoms with Crippen LogP contribution in [0.2, 0.25) is 0 Å². The number of hydrogen-bond donors (Lipinski definition) is 0. The maximum absolute atomic E-state index is 6.02. The minimum absolute atomic E-state index is 0.279. The first kappa shape index (κ1) is 11.5. The Balaban J connectivity index is 1.77. The lowest BCUT2D eigenvalue weighted by atomic mass is 10.1. The molecule has 2 aliphatic rings. The maximum Gasteiger partial charge on any atom is 0.125 e. The smallest absolute Gasteiger partial charge is 0.101 e. The lowest BCUT2D eigenvalue weighted by molar-refractivity contribution is 1.07. The third-order valence-corrected chi connectivity index (χ3v) is 5.06. The monoisotopic (exact) mass is 294 g/mol. The van der Waals surface area contributed by atoms with Crippen LogP contribution >= 0.6 is 46.4 Å². The lowest BCUT2D eigenvalue weighted by Gasteiger charge is -2.04. The molecule has 0 radical (unpaired) electrons. The van der Waals surface area contributed by atoms with Crippen LogP contribution in [0, 0.1) is 0 Å². The van der Waals surface area contributed by atoms with Gasteiger partial charge in [0, 0.05) is 11.8 Å². The van der Waals surface area contributed by atoms with E-state index in [2.05, 4.69) is 24.3 Å². The molecule has 0 bridgehead atoms. The standard InChI is InChI=1S/C12H10Cl4/c13-11(14)5-9(11)7-1-2-8(4-3-7)10-6-12(10,15)16/h1-4,9-10H,5-6H2. The van der Waals surface area contributed by atoms with E-state index in [-0.39, 0.29) is 11.8 Å². The van der Waals surface area contributed by atoms with Gasteiger partial charge in [0.25, 0.3) is 0 Å². The summed E-state index contributed by atoms with van der Waals surface area (Å²) in [4.78, 5) is 0. The van der Waals surface area contributed by atoms with Crippen molar-refractivity contribution in [1.82, 2.24) is 0 Å². The molecule has 0 heterocycles. The van der Waals surface area contributed by atoms with Crippen LogP contribution in [0.5, 0.6) is 0 Å². The average Bonchev–Trinajstić information content (AvgIpc) is 3.03. The van der Waals surface area contributed by atoms with Gasteiger partial charge in [0.1, 0.15) is 8.67 Å². The van der Waals surface area contributed by atoms with Crippen molar-refractivity contribution in [1.29, 1.82) is 0 Å². The maximum atomic E-state index is 6.02. The van der Waals surface area contributed by atoms with Gasteiger partial charge in [-0.15, -0.1) is 46.4 Å². The van der Waals surface area contributed by atoms with Gasteiger partial charge in [-0.1, -0.05) is 24.3 Å². The largest absolute Gasteiger partial charge is 0.125 e. The molecule has 3 rings (SSSR count). The molecule has 1 aromatic carbocycles. The van der Waals surface area contributed by atoms with Gasteiger partial charge in [-0.25, -0.2) is 0 Å². The highest BCUT2D eigenvalue weighted by atomic mass is 35.5. The first-order valence-corrected chi connectivity index (χ1v) is 6.77. The predicted octanol–water partition coefficient (Wildman–Crippen LogP) is 5.01. The minimum atomic E-state index is -0.552. The fraction of sp³-hybridized carbons (Fsp3) is 0.500.